The van der Waals surface area contributed by atoms with Gasteiger partial charge in [0.1, 0.15) is 5.75 Å². The highest BCUT2D eigenvalue weighted by Gasteiger charge is 2.16. The summed E-state index contributed by atoms with van der Waals surface area (Å²) in [4.78, 5) is 0.102. The molecule has 2 aromatic carbocycles. The minimum absolute atomic E-state index is 0.102. The van der Waals surface area contributed by atoms with Crippen molar-refractivity contribution < 1.29 is 13.2 Å². The number of aryl methyl sites for hydroxylation is 1. The highest BCUT2D eigenvalue weighted by atomic mass is 35.5. The Morgan fingerprint density at radius 3 is 2.63 bits per heavy atom. The van der Waals surface area contributed by atoms with Crippen molar-refractivity contribution in [3.05, 3.63) is 82.6 Å². The van der Waals surface area contributed by atoms with Gasteiger partial charge in [0.05, 0.1) is 23.6 Å². The highest BCUT2D eigenvalue weighted by molar-refractivity contribution is 7.89. The smallest absolute Gasteiger partial charge is 0.240 e. The van der Waals surface area contributed by atoms with E-state index in [2.05, 4.69) is 16.9 Å². The summed E-state index contributed by atoms with van der Waals surface area (Å²) in [7, 11) is -2.20. The number of sulfonamides is 1. The summed E-state index contributed by atoms with van der Waals surface area (Å²) < 4.78 is 34.9. The van der Waals surface area contributed by atoms with Crippen LogP contribution >= 0.6 is 11.6 Å². The lowest BCUT2D eigenvalue weighted by Gasteiger charge is -2.12. The zero-order chi connectivity index (χ0) is 19.4. The Kier molecular flexibility index (Phi) is 5.89. The number of aromatic nitrogens is 1. The Labute approximate surface area is 164 Å². The quantitative estimate of drug-likeness (QED) is 0.647. The van der Waals surface area contributed by atoms with E-state index in [-0.39, 0.29) is 16.5 Å². The van der Waals surface area contributed by atoms with Gasteiger partial charge >= 0.3 is 0 Å². The highest BCUT2D eigenvalue weighted by Crippen LogP contribution is 2.26. The number of nitrogens with one attached hydrogen (secondary N) is 1. The number of hydrogen-bond acceptors (Lipinski definition) is 3. The minimum Gasteiger partial charge on any atom is -0.495 e. The number of ether oxygens (including phenoxy) is 1. The lowest BCUT2D eigenvalue weighted by molar-refractivity contribution is 0.414. The van der Waals surface area contributed by atoms with E-state index in [0.717, 1.165) is 11.3 Å². The van der Waals surface area contributed by atoms with Crippen LogP contribution in [0.5, 0.6) is 5.75 Å². The van der Waals surface area contributed by atoms with Crippen molar-refractivity contribution in [2.75, 3.05) is 7.11 Å². The number of rotatable bonds is 7. The molecule has 0 amide bonds. The average Bonchev–Trinajstić information content (AvgIpc) is 3.07. The second-order valence-electron chi connectivity index (χ2n) is 6.24. The van der Waals surface area contributed by atoms with Gasteiger partial charge in [-0.25, -0.2) is 13.1 Å². The Morgan fingerprint density at radius 2 is 1.93 bits per heavy atom. The lowest BCUT2D eigenvalue weighted by atomic mass is 10.1. The fourth-order valence-electron chi connectivity index (χ4n) is 2.84. The molecule has 0 atom stereocenters. The third-order valence-corrected chi connectivity index (χ3v) is 5.93. The van der Waals surface area contributed by atoms with Crippen LogP contribution in [0, 0.1) is 6.92 Å². The molecule has 0 aliphatic rings. The average molecular weight is 405 g/mol. The van der Waals surface area contributed by atoms with Gasteiger partial charge in [0.15, 0.2) is 0 Å². The molecule has 1 N–H and O–H groups in total. The first-order valence-electron chi connectivity index (χ1n) is 8.42. The molecule has 5 nitrogen and oxygen atoms in total. The molecule has 0 saturated heterocycles. The topological polar surface area (TPSA) is 60.3 Å². The molecule has 0 aliphatic heterocycles. The van der Waals surface area contributed by atoms with Gasteiger partial charge < -0.3 is 9.30 Å². The standard InChI is InChI=1S/C20H21ClN2O3S/c1-15-5-3-6-16(11-15)14-23-10-4-7-17(23)13-22-27(24,25)18-8-9-20(26-2)19(21)12-18/h3-12,22H,13-14H2,1-2H3. The molecule has 0 fully saturated rings. The number of nitrogens with zero attached hydrogens (tertiary/aromatic N) is 1. The zero-order valence-corrected chi connectivity index (χ0v) is 16.7. The van der Waals surface area contributed by atoms with Crippen LogP contribution in [-0.4, -0.2) is 20.1 Å². The molecule has 142 valence electrons. The second-order valence-corrected chi connectivity index (χ2v) is 8.41. The molecule has 7 heteroatoms. The Hall–Kier alpha value is -2.28. The first-order valence-corrected chi connectivity index (χ1v) is 10.3. The third kappa shape index (κ3) is 4.71. The first kappa shape index (κ1) is 19.5. The number of hydrogen-bond donors (Lipinski definition) is 1. The molecule has 3 rings (SSSR count). The zero-order valence-electron chi connectivity index (χ0n) is 15.1. The SMILES string of the molecule is COc1ccc(S(=O)(=O)NCc2cccn2Cc2cccc(C)c2)cc1Cl. The van der Waals surface area contributed by atoms with Gasteiger partial charge in [-0.05, 0) is 42.8 Å². The van der Waals surface area contributed by atoms with Crippen LogP contribution in [0.4, 0.5) is 0 Å². The van der Waals surface area contributed by atoms with Crippen molar-refractivity contribution >= 4 is 21.6 Å². The predicted molar refractivity (Wildman–Crippen MR) is 107 cm³/mol. The molecule has 0 aliphatic carbocycles. The molecule has 3 aromatic rings. The fourth-order valence-corrected chi connectivity index (χ4v) is 4.19. The van der Waals surface area contributed by atoms with Crippen molar-refractivity contribution in [3.8, 4) is 5.75 Å². The van der Waals surface area contributed by atoms with Crippen LogP contribution in [0.3, 0.4) is 0 Å². The van der Waals surface area contributed by atoms with Crippen LogP contribution in [0.25, 0.3) is 0 Å². The first-order chi connectivity index (χ1) is 12.9. The molecule has 0 radical (unpaired) electrons. The normalized spacial score (nSPS) is 11.5. The molecule has 0 bridgehead atoms. The Morgan fingerprint density at radius 1 is 1.11 bits per heavy atom. The summed E-state index contributed by atoms with van der Waals surface area (Å²) >= 11 is 6.04. The summed E-state index contributed by atoms with van der Waals surface area (Å²) in [5, 5.41) is 0.253. The molecule has 0 saturated carbocycles. The number of methoxy groups -OCH3 is 1. The summed E-state index contributed by atoms with van der Waals surface area (Å²) in [6, 6.07) is 16.4. The van der Waals surface area contributed by atoms with Crippen LogP contribution in [0.15, 0.2) is 65.7 Å². The summed E-state index contributed by atoms with van der Waals surface area (Å²) in [6.07, 6.45) is 1.94. The van der Waals surface area contributed by atoms with Gasteiger partial charge in [0.2, 0.25) is 10.0 Å². The van der Waals surface area contributed by atoms with E-state index in [1.807, 2.05) is 42.0 Å². The second kappa shape index (κ2) is 8.17. The molecule has 1 heterocycles. The molecule has 1 aromatic heterocycles. The van der Waals surface area contributed by atoms with E-state index in [0.29, 0.717) is 12.3 Å². The van der Waals surface area contributed by atoms with Crippen molar-refractivity contribution in [2.45, 2.75) is 24.9 Å². The number of benzene rings is 2. The van der Waals surface area contributed by atoms with Crippen molar-refractivity contribution in [3.63, 3.8) is 0 Å². The fraction of sp³-hybridized carbons (Fsp3) is 0.200. The van der Waals surface area contributed by atoms with E-state index in [1.165, 1.54) is 30.9 Å². The maximum absolute atomic E-state index is 12.6. The maximum atomic E-state index is 12.6. The van der Waals surface area contributed by atoms with Gasteiger partial charge in [-0.1, -0.05) is 41.4 Å². The van der Waals surface area contributed by atoms with Crippen LogP contribution in [-0.2, 0) is 23.1 Å². The molecule has 27 heavy (non-hydrogen) atoms. The lowest BCUT2D eigenvalue weighted by Crippen LogP contribution is -2.24. The minimum atomic E-state index is -3.68. The Bertz CT molecular complexity index is 1040. The molecule has 0 spiro atoms. The van der Waals surface area contributed by atoms with Crippen LogP contribution in [0.2, 0.25) is 5.02 Å². The molecular weight excluding hydrogens is 384 g/mol. The summed E-state index contributed by atoms with van der Waals surface area (Å²) in [6.45, 7) is 2.92. The summed E-state index contributed by atoms with van der Waals surface area (Å²) in [5.74, 6) is 0.433. The van der Waals surface area contributed by atoms with Crippen molar-refractivity contribution in [2.24, 2.45) is 0 Å². The van der Waals surface area contributed by atoms with Gasteiger partial charge in [0.25, 0.3) is 0 Å². The monoisotopic (exact) mass is 404 g/mol. The van der Waals surface area contributed by atoms with Gasteiger partial charge in [-0.2, -0.15) is 0 Å². The Balaban J connectivity index is 1.73. The van der Waals surface area contributed by atoms with E-state index < -0.39 is 10.0 Å². The van der Waals surface area contributed by atoms with E-state index in [1.54, 1.807) is 0 Å². The van der Waals surface area contributed by atoms with Crippen LogP contribution in [0.1, 0.15) is 16.8 Å². The van der Waals surface area contributed by atoms with Crippen LogP contribution < -0.4 is 9.46 Å². The molecular formula is C20H21ClN2O3S. The largest absolute Gasteiger partial charge is 0.495 e. The maximum Gasteiger partial charge on any atom is 0.240 e. The van der Waals surface area contributed by atoms with Gasteiger partial charge in [-0.3, -0.25) is 0 Å². The van der Waals surface area contributed by atoms with Crippen molar-refractivity contribution in [1.29, 1.82) is 0 Å². The number of halogens is 1. The van der Waals surface area contributed by atoms with Crippen molar-refractivity contribution in [1.82, 2.24) is 9.29 Å². The summed E-state index contributed by atoms with van der Waals surface area (Å²) in [5.41, 5.74) is 3.23. The van der Waals surface area contributed by atoms with E-state index in [4.69, 9.17) is 16.3 Å². The molecule has 0 unspecified atom stereocenters. The predicted octanol–water partition coefficient (Wildman–Crippen LogP) is 3.99. The third-order valence-electron chi connectivity index (χ3n) is 4.24. The van der Waals surface area contributed by atoms with Gasteiger partial charge in [-0.15, -0.1) is 0 Å². The van der Waals surface area contributed by atoms with E-state index in [9.17, 15) is 8.42 Å². The van der Waals surface area contributed by atoms with E-state index >= 15 is 0 Å². The van der Waals surface area contributed by atoms with Gasteiger partial charge in [0, 0.05) is 18.4 Å².